The molecule has 1 aliphatic rings. The summed E-state index contributed by atoms with van der Waals surface area (Å²) in [7, 11) is 5.84. The van der Waals surface area contributed by atoms with Gasteiger partial charge in [0.2, 0.25) is 1.43 Å². The van der Waals surface area contributed by atoms with E-state index >= 15 is 0 Å². The number of aliphatic hydroxyl groups is 1. The van der Waals surface area contributed by atoms with Crippen LogP contribution in [0, 0.1) is 0 Å². The van der Waals surface area contributed by atoms with Crippen LogP contribution in [0.1, 0.15) is 43.6 Å². The first-order valence-corrected chi connectivity index (χ1v) is 7.54. The molecule has 0 bridgehead atoms. The summed E-state index contributed by atoms with van der Waals surface area (Å²) in [6.07, 6.45) is 5.50. The SMILES string of the molecule is [2H]OC1(C(CN(C)C)c2ccc(OC)cc2)CCCCC1. The number of methoxy groups -OCH3 is 1. The molecule has 1 saturated carbocycles. The fourth-order valence-corrected chi connectivity index (χ4v) is 3.28. The lowest BCUT2D eigenvalue weighted by atomic mass is 9.72. The average molecular weight is 278 g/mol. The number of hydrogen-bond acceptors (Lipinski definition) is 3. The van der Waals surface area contributed by atoms with Crippen molar-refractivity contribution in [1.82, 2.24) is 4.90 Å². The summed E-state index contributed by atoms with van der Waals surface area (Å²) < 4.78 is 13.0. The van der Waals surface area contributed by atoms with Gasteiger partial charge in [0.15, 0.2) is 0 Å². The zero-order valence-electron chi connectivity index (χ0n) is 13.9. The van der Waals surface area contributed by atoms with Crippen molar-refractivity contribution in [3.63, 3.8) is 0 Å². The zero-order valence-corrected chi connectivity index (χ0v) is 12.9. The van der Waals surface area contributed by atoms with E-state index in [0.717, 1.165) is 38.0 Å². The van der Waals surface area contributed by atoms with Crippen molar-refractivity contribution in [3.8, 4) is 5.75 Å². The highest BCUT2D eigenvalue weighted by Crippen LogP contribution is 2.40. The van der Waals surface area contributed by atoms with E-state index in [-0.39, 0.29) is 11.5 Å². The lowest BCUT2D eigenvalue weighted by Gasteiger charge is -2.40. The van der Waals surface area contributed by atoms with Gasteiger partial charge in [0.1, 0.15) is 5.75 Å². The minimum atomic E-state index is -0.350. The second-order valence-electron chi connectivity index (χ2n) is 6.21. The Balaban J connectivity index is 2.31. The first-order chi connectivity index (χ1) is 10.1. The number of ether oxygens (including phenoxy) is 1. The minimum Gasteiger partial charge on any atom is -0.497 e. The molecular formula is C17H27NO2. The highest BCUT2D eigenvalue weighted by Gasteiger charge is 2.38. The maximum atomic E-state index is 7.70. The van der Waals surface area contributed by atoms with Crippen LogP contribution >= 0.6 is 0 Å². The Morgan fingerprint density at radius 2 is 1.90 bits per heavy atom. The first kappa shape index (κ1) is 13.9. The van der Waals surface area contributed by atoms with E-state index in [1.807, 2.05) is 12.1 Å². The summed E-state index contributed by atoms with van der Waals surface area (Å²) in [6, 6.07) is 8.22. The van der Waals surface area contributed by atoms with Crippen LogP contribution in [-0.4, -0.2) is 44.8 Å². The number of nitrogens with zero attached hydrogens (tertiary/aromatic N) is 1. The summed E-state index contributed by atoms with van der Waals surface area (Å²) in [5, 5.41) is 5.34. The second kappa shape index (κ2) is 6.59. The molecule has 1 fully saturated rings. The third kappa shape index (κ3) is 3.53. The molecular weight excluding hydrogens is 250 g/mol. The molecule has 3 heteroatoms. The predicted octanol–water partition coefficient (Wildman–Crippen LogP) is 3.04. The van der Waals surface area contributed by atoms with Gasteiger partial charge in [0.25, 0.3) is 0 Å². The van der Waals surface area contributed by atoms with Crippen LogP contribution in [-0.2, 0) is 0 Å². The molecule has 0 spiro atoms. The number of rotatable bonds is 6. The van der Waals surface area contributed by atoms with Gasteiger partial charge in [-0.1, -0.05) is 31.4 Å². The average Bonchev–Trinajstić information content (AvgIpc) is 2.53. The van der Waals surface area contributed by atoms with Gasteiger partial charge >= 0.3 is 0 Å². The van der Waals surface area contributed by atoms with Crippen molar-refractivity contribution in [1.29, 1.82) is 1.43 Å². The maximum Gasteiger partial charge on any atom is 0.211 e. The lowest BCUT2D eigenvalue weighted by molar-refractivity contribution is -0.0277. The molecule has 1 N–H and O–H groups in total. The van der Waals surface area contributed by atoms with Crippen molar-refractivity contribution >= 4 is 0 Å². The normalized spacial score (nSPS) is 20.5. The van der Waals surface area contributed by atoms with Crippen molar-refractivity contribution in [2.24, 2.45) is 0 Å². The molecule has 0 heterocycles. The molecule has 0 aliphatic heterocycles. The zero-order chi connectivity index (χ0) is 15.3. The Morgan fingerprint density at radius 3 is 2.40 bits per heavy atom. The molecule has 1 aliphatic carbocycles. The number of hydrogen-bond donors (Lipinski definition) is 1. The largest absolute Gasteiger partial charge is 0.497 e. The van der Waals surface area contributed by atoms with E-state index in [9.17, 15) is 0 Å². The fourth-order valence-electron chi connectivity index (χ4n) is 3.28. The molecule has 0 amide bonds. The van der Waals surface area contributed by atoms with Gasteiger partial charge in [-0.2, -0.15) is 0 Å². The fraction of sp³-hybridized carbons (Fsp3) is 0.647. The maximum absolute atomic E-state index is 7.70. The lowest BCUT2D eigenvalue weighted by Crippen LogP contribution is -2.42. The Bertz CT molecular complexity index is 427. The standard InChI is InChI=1S/C17H27NO2/c1-18(2)13-16(17(19)11-5-4-6-12-17)14-7-9-15(20-3)10-8-14/h7-10,16,19H,4-6,11-13H2,1-3H3/i19D. The number of likely N-dealkylation sites (N-methyl/N-ethyl adjacent to an activating group) is 1. The van der Waals surface area contributed by atoms with E-state index < -0.39 is 0 Å². The van der Waals surface area contributed by atoms with E-state index in [1.54, 1.807) is 7.11 Å². The summed E-state index contributed by atoms with van der Waals surface area (Å²) >= 11 is 0. The Labute approximate surface area is 124 Å². The van der Waals surface area contributed by atoms with Gasteiger partial charge in [0, 0.05) is 12.5 Å². The molecule has 1 aromatic carbocycles. The van der Waals surface area contributed by atoms with Crippen LogP contribution in [0.2, 0.25) is 0 Å². The number of benzene rings is 1. The summed E-state index contributed by atoms with van der Waals surface area (Å²) in [5.74, 6) is 1.09. The molecule has 2 rings (SSSR count). The van der Waals surface area contributed by atoms with Gasteiger partial charge in [-0.05, 0) is 44.6 Å². The molecule has 1 unspecified atom stereocenters. The highest BCUT2D eigenvalue weighted by atomic mass is 16.5. The van der Waals surface area contributed by atoms with Gasteiger partial charge < -0.3 is 14.7 Å². The van der Waals surface area contributed by atoms with Crippen LogP contribution in [0.25, 0.3) is 0 Å². The molecule has 3 nitrogen and oxygen atoms in total. The molecule has 0 saturated heterocycles. The van der Waals surface area contributed by atoms with E-state index in [0.29, 0.717) is 0 Å². The van der Waals surface area contributed by atoms with Crippen LogP contribution in [0.4, 0.5) is 0 Å². The molecule has 1 aromatic rings. The van der Waals surface area contributed by atoms with Crippen molar-refractivity contribution in [3.05, 3.63) is 29.8 Å². The summed E-state index contributed by atoms with van der Waals surface area (Å²) in [4.78, 5) is 2.18. The van der Waals surface area contributed by atoms with Crippen molar-refractivity contribution in [2.75, 3.05) is 27.7 Å². The van der Waals surface area contributed by atoms with Crippen LogP contribution < -0.4 is 4.74 Å². The Morgan fingerprint density at radius 1 is 1.25 bits per heavy atom. The molecule has 112 valence electrons. The monoisotopic (exact) mass is 278 g/mol. The van der Waals surface area contributed by atoms with Crippen LogP contribution in [0.15, 0.2) is 24.3 Å². The quantitative estimate of drug-likeness (QED) is 0.868. The van der Waals surface area contributed by atoms with Crippen LogP contribution in [0.3, 0.4) is 0 Å². The van der Waals surface area contributed by atoms with Gasteiger partial charge in [-0.15, -0.1) is 0 Å². The van der Waals surface area contributed by atoms with E-state index in [1.165, 1.54) is 12.0 Å². The van der Waals surface area contributed by atoms with Crippen molar-refractivity contribution < 1.29 is 9.85 Å². The molecule has 0 aromatic heterocycles. The Kier molecular flexibility index (Phi) is 4.58. The van der Waals surface area contributed by atoms with Crippen LogP contribution in [0.5, 0.6) is 5.75 Å². The first-order valence-electron chi connectivity index (χ1n) is 7.95. The van der Waals surface area contributed by atoms with E-state index in [2.05, 4.69) is 31.1 Å². The molecule has 1 atom stereocenters. The third-order valence-corrected chi connectivity index (χ3v) is 4.40. The smallest absolute Gasteiger partial charge is 0.211 e. The predicted molar refractivity (Wildman–Crippen MR) is 82.3 cm³/mol. The topological polar surface area (TPSA) is 32.7 Å². The third-order valence-electron chi connectivity index (χ3n) is 4.40. The van der Waals surface area contributed by atoms with Gasteiger partial charge in [0.05, 0.1) is 12.7 Å². The van der Waals surface area contributed by atoms with Gasteiger partial charge in [-0.3, -0.25) is 0 Å². The summed E-state index contributed by atoms with van der Waals surface area (Å²) in [6.45, 7) is 0.894. The highest BCUT2D eigenvalue weighted by molar-refractivity contribution is 5.31. The van der Waals surface area contributed by atoms with Gasteiger partial charge in [-0.25, -0.2) is 0 Å². The summed E-state index contributed by atoms with van der Waals surface area (Å²) in [5.41, 5.74) is 0.885. The van der Waals surface area contributed by atoms with E-state index in [4.69, 9.17) is 11.3 Å². The second-order valence-corrected chi connectivity index (χ2v) is 6.21. The molecule has 20 heavy (non-hydrogen) atoms. The Hall–Kier alpha value is -1.06. The molecule has 0 radical (unpaired) electrons. The minimum absolute atomic E-state index is 0.219. The van der Waals surface area contributed by atoms with Crippen molar-refractivity contribution in [2.45, 2.75) is 43.6 Å².